The van der Waals surface area contributed by atoms with Crippen LogP contribution in [0.2, 0.25) is 0 Å². The van der Waals surface area contributed by atoms with E-state index in [4.69, 9.17) is 0 Å². The Kier molecular flexibility index (Phi) is 3.10. The van der Waals surface area contributed by atoms with Crippen molar-refractivity contribution in [2.24, 2.45) is 0 Å². The van der Waals surface area contributed by atoms with Crippen LogP contribution >= 0.6 is 11.8 Å². The lowest BCUT2D eigenvalue weighted by Gasteiger charge is -2.20. The Labute approximate surface area is 68.5 Å². The van der Waals surface area contributed by atoms with Gasteiger partial charge in [-0.2, -0.15) is 13.2 Å². The van der Waals surface area contributed by atoms with Gasteiger partial charge in [0.05, 0.1) is 0 Å². The summed E-state index contributed by atoms with van der Waals surface area (Å²) in [6, 6.07) is 0. The number of thioether (sulfide) groups is 1. The van der Waals surface area contributed by atoms with Gasteiger partial charge in [0.2, 0.25) is 0 Å². The molecule has 0 N–H and O–H groups in total. The van der Waals surface area contributed by atoms with Gasteiger partial charge in [-0.05, 0) is 24.6 Å². The summed E-state index contributed by atoms with van der Waals surface area (Å²) in [4.78, 5) is 0. The fourth-order valence-corrected chi connectivity index (χ4v) is 2.03. The van der Waals surface area contributed by atoms with Gasteiger partial charge in [-0.3, -0.25) is 0 Å². The molecule has 1 aliphatic rings. The largest absolute Gasteiger partial charge is 0.442 e. The molecule has 0 saturated heterocycles. The molecule has 1 aliphatic carbocycles. The van der Waals surface area contributed by atoms with E-state index in [1.807, 2.05) is 0 Å². The molecule has 65 valence electrons. The highest BCUT2D eigenvalue weighted by Gasteiger charge is 2.33. The van der Waals surface area contributed by atoms with Crippen molar-refractivity contribution in [1.82, 2.24) is 0 Å². The molecule has 0 aromatic rings. The fraction of sp³-hybridized carbons (Fsp3) is 0.857. The molecule has 11 heavy (non-hydrogen) atoms. The average Bonchev–Trinajstić information content (AvgIpc) is 1.85. The second-order valence-corrected chi connectivity index (χ2v) is 3.89. The van der Waals surface area contributed by atoms with Crippen LogP contribution in [-0.4, -0.2) is 5.51 Å². The Balaban J connectivity index is 2.24. The molecule has 1 radical (unpaired) electrons. The van der Waals surface area contributed by atoms with Crippen LogP contribution in [0.4, 0.5) is 13.2 Å². The highest BCUT2D eigenvalue weighted by molar-refractivity contribution is 8.02. The van der Waals surface area contributed by atoms with Gasteiger partial charge in [0, 0.05) is 5.25 Å². The van der Waals surface area contributed by atoms with Crippen LogP contribution in [0.5, 0.6) is 0 Å². The molecule has 0 aromatic heterocycles. The SMILES string of the molecule is FC(F)(F)S[C]1CCCCC1. The third-order valence-corrected chi connectivity index (χ3v) is 2.60. The Morgan fingerprint density at radius 2 is 1.55 bits per heavy atom. The molecule has 1 rings (SSSR count). The highest BCUT2D eigenvalue weighted by atomic mass is 32.2. The first-order chi connectivity index (χ1) is 5.08. The summed E-state index contributed by atoms with van der Waals surface area (Å²) in [5, 5.41) is 0.615. The molecule has 0 unspecified atom stereocenters. The summed E-state index contributed by atoms with van der Waals surface area (Å²) in [5.74, 6) is 0. The van der Waals surface area contributed by atoms with Crippen LogP contribution in [-0.2, 0) is 0 Å². The second kappa shape index (κ2) is 3.70. The van der Waals surface area contributed by atoms with E-state index in [1.165, 1.54) is 0 Å². The number of hydrogen-bond donors (Lipinski definition) is 0. The van der Waals surface area contributed by atoms with Crippen LogP contribution in [0, 0.1) is 5.25 Å². The van der Waals surface area contributed by atoms with Crippen molar-refractivity contribution in [2.45, 2.75) is 37.6 Å². The van der Waals surface area contributed by atoms with Crippen LogP contribution in [0.15, 0.2) is 0 Å². The summed E-state index contributed by atoms with van der Waals surface area (Å²) >= 11 is 0.0944. The monoisotopic (exact) mass is 183 g/mol. The third kappa shape index (κ3) is 3.89. The Morgan fingerprint density at radius 1 is 1.00 bits per heavy atom. The van der Waals surface area contributed by atoms with Crippen molar-refractivity contribution < 1.29 is 13.2 Å². The van der Waals surface area contributed by atoms with Crippen molar-refractivity contribution >= 4 is 11.8 Å². The summed E-state index contributed by atoms with van der Waals surface area (Å²) in [5.41, 5.74) is -4.06. The zero-order valence-corrected chi connectivity index (χ0v) is 6.89. The molecule has 1 saturated carbocycles. The molecule has 0 aliphatic heterocycles. The average molecular weight is 183 g/mol. The smallest absolute Gasteiger partial charge is 0.160 e. The summed E-state index contributed by atoms with van der Waals surface area (Å²) < 4.78 is 35.3. The van der Waals surface area contributed by atoms with Crippen molar-refractivity contribution in [2.75, 3.05) is 0 Å². The maximum absolute atomic E-state index is 11.8. The molecular weight excluding hydrogens is 173 g/mol. The molecule has 0 heterocycles. The molecule has 0 nitrogen and oxygen atoms in total. The summed E-state index contributed by atoms with van der Waals surface area (Å²) in [6.07, 6.45) is 4.26. The highest BCUT2D eigenvalue weighted by Crippen LogP contribution is 2.44. The van der Waals surface area contributed by atoms with E-state index in [2.05, 4.69) is 0 Å². The molecular formula is C7H10F3S. The fourth-order valence-electron chi connectivity index (χ4n) is 1.21. The molecule has 0 bridgehead atoms. The topological polar surface area (TPSA) is 0 Å². The number of hydrogen-bond acceptors (Lipinski definition) is 1. The van der Waals surface area contributed by atoms with Gasteiger partial charge in [0.15, 0.2) is 0 Å². The lowest BCUT2D eigenvalue weighted by atomic mass is 10.0. The lowest BCUT2D eigenvalue weighted by molar-refractivity contribution is -0.0328. The van der Waals surface area contributed by atoms with Crippen LogP contribution in [0.1, 0.15) is 32.1 Å². The van der Waals surface area contributed by atoms with E-state index in [0.717, 1.165) is 19.3 Å². The van der Waals surface area contributed by atoms with Gasteiger partial charge in [0.25, 0.3) is 0 Å². The number of alkyl halides is 3. The van der Waals surface area contributed by atoms with Crippen molar-refractivity contribution in [3.05, 3.63) is 5.25 Å². The Bertz CT molecular complexity index is 115. The zero-order chi connectivity index (χ0) is 8.32. The quantitative estimate of drug-likeness (QED) is 0.596. The van der Waals surface area contributed by atoms with E-state index in [0.29, 0.717) is 18.1 Å². The molecule has 1 fully saturated rings. The number of halogens is 3. The molecule has 0 aromatic carbocycles. The molecule has 4 heteroatoms. The van der Waals surface area contributed by atoms with Gasteiger partial charge in [-0.15, -0.1) is 0 Å². The van der Waals surface area contributed by atoms with Gasteiger partial charge < -0.3 is 0 Å². The first-order valence-electron chi connectivity index (χ1n) is 3.68. The van der Waals surface area contributed by atoms with Crippen molar-refractivity contribution in [3.8, 4) is 0 Å². The minimum atomic E-state index is -4.06. The minimum absolute atomic E-state index is 0.0944. The van der Waals surface area contributed by atoms with E-state index < -0.39 is 5.51 Å². The maximum Gasteiger partial charge on any atom is 0.442 e. The van der Waals surface area contributed by atoms with Gasteiger partial charge in [-0.25, -0.2) is 0 Å². The minimum Gasteiger partial charge on any atom is -0.160 e. The van der Waals surface area contributed by atoms with Gasteiger partial charge in [-0.1, -0.05) is 19.3 Å². The van der Waals surface area contributed by atoms with Gasteiger partial charge in [0.1, 0.15) is 0 Å². The maximum atomic E-state index is 11.8. The summed E-state index contributed by atoms with van der Waals surface area (Å²) in [6.45, 7) is 0. The van der Waals surface area contributed by atoms with Crippen molar-refractivity contribution in [1.29, 1.82) is 0 Å². The zero-order valence-electron chi connectivity index (χ0n) is 6.08. The molecule has 0 atom stereocenters. The first-order valence-corrected chi connectivity index (χ1v) is 4.50. The standard InChI is InChI=1S/C7H10F3S/c8-7(9,10)11-6-4-2-1-3-5-6/h1-5H2. The van der Waals surface area contributed by atoms with E-state index >= 15 is 0 Å². The first kappa shape index (κ1) is 9.23. The second-order valence-electron chi connectivity index (χ2n) is 2.65. The van der Waals surface area contributed by atoms with E-state index in [9.17, 15) is 13.2 Å². The lowest BCUT2D eigenvalue weighted by Crippen LogP contribution is -2.08. The van der Waals surface area contributed by atoms with Crippen molar-refractivity contribution in [3.63, 3.8) is 0 Å². The van der Waals surface area contributed by atoms with E-state index in [-0.39, 0.29) is 11.8 Å². The van der Waals surface area contributed by atoms with E-state index in [1.54, 1.807) is 0 Å². The predicted octanol–water partition coefficient (Wildman–Crippen LogP) is 3.74. The van der Waals surface area contributed by atoms with Crippen LogP contribution in [0.25, 0.3) is 0 Å². The van der Waals surface area contributed by atoms with Gasteiger partial charge >= 0.3 is 5.51 Å². The normalized spacial score (nSPS) is 22.1. The Hall–Kier alpha value is 0.140. The predicted molar refractivity (Wildman–Crippen MR) is 40.0 cm³/mol. The summed E-state index contributed by atoms with van der Waals surface area (Å²) in [7, 11) is 0. The molecule has 0 amide bonds. The Morgan fingerprint density at radius 3 is 2.00 bits per heavy atom. The third-order valence-electron chi connectivity index (χ3n) is 1.67. The van der Waals surface area contributed by atoms with Crippen LogP contribution < -0.4 is 0 Å². The van der Waals surface area contributed by atoms with Crippen LogP contribution in [0.3, 0.4) is 0 Å². The number of rotatable bonds is 1. The molecule has 0 spiro atoms.